The van der Waals surface area contributed by atoms with Crippen LogP contribution in [0, 0.1) is 6.92 Å². The Hall–Kier alpha value is -2.70. The maximum absolute atomic E-state index is 12.8. The zero-order chi connectivity index (χ0) is 28.4. The van der Waals surface area contributed by atoms with E-state index in [1.165, 1.54) is 0 Å². The molecule has 0 aliphatic carbocycles. The van der Waals surface area contributed by atoms with Crippen LogP contribution < -0.4 is 4.74 Å². The summed E-state index contributed by atoms with van der Waals surface area (Å²) in [6.07, 6.45) is -12.8. The Morgan fingerprint density at radius 1 is 0.872 bits per heavy atom. The second-order valence-corrected chi connectivity index (χ2v) is 10.6. The number of halogens is 6. The monoisotopic (exact) mass is 565 g/mol. The number of ether oxygens (including phenoxy) is 2. The summed E-state index contributed by atoms with van der Waals surface area (Å²) in [6.45, 7) is 4.72. The molecule has 1 aromatic rings. The van der Waals surface area contributed by atoms with Gasteiger partial charge < -0.3 is 19.3 Å². The van der Waals surface area contributed by atoms with Gasteiger partial charge in [0, 0.05) is 38.3 Å². The van der Waals surface area contributed by atoms with Crippen molar-refractivity contribution in [3.05, 3.63) is 29.3 Å². The van der Waals surface area contributed by atoms with Crippen LogP contribution in [0.15, 0.2) is 18.2 Å². The molecule has 3 heterocycles. The third-order valence-corrected chi connectivity index (χ3v) is 7.81. The van der Waals surface area contributed by atoms with Crippen LogP contribution in [-0.2, 0) is 16.1 Å². The number of aryl methyl sites for hydroxylation is 1. The zero-order valence-electron chi connectivity index (χ0n) is 21.7. The number of likely N-dealkylation sites (tertiary alicyclic amines) is 3. The highest BCUT2D eigenvalue weighted by molar-refractivity contribution is 5.78. The average Bonchev–Trinajstić information content (AvgIpc) is 3.51. The Kier molecular flexibility index (Phi) is 8.58. The van der Waals surface area contributed by atoms with E-state index in [0.29, 0.717) is 25.1 Å². The SMILES string of the molecule is Cc1cc(CN2CCCC23CCN(C(=O)OC(C(F)(F)F)C(F)(F)F)CC3)cc(OCC(=O)N2CCCC2)c1. The molecule has 4 rings (SSSR count). The van der Waals surface area contributed by atoms with Gasteiger partial charge in [-0.1, -0.05) is 6.07 Å². The molecule has 3 aliphatic rings. The van der Waals surface area contributed by atoms with Crippen LogP contribution in [0.3, 0.4) is 0 Å². The maximum Gasteiger partial charge on any atom is 0.434 e. The smallest absolute Gasteiger partial charge is 0.434 e. The van der Waals surface area contributed by atoms with E-state index < -0.39 is 24.5 Å². The molecule has 0 radical (unpaired) electrons. The van der Waals surface area contributed by atoms with Crippen molar-refractivity contribution in [2.45, 2.75) is 76.0 Å². The van der Waals surface area contributed by atoms with Gasteiger partial charge in [-0.3, -0.25) is 9.69 Å². The highest BCUT2D eigenvalue weighted by atomic mass is 19.4. The summed E-state index contributed by atoms with van der Waals surface area (Å²) in [6, 6.07) is 5.76. The number of benzene rings is 1. The van der Waals surface area contributed by atoms with Crippen LogP contribution in [0.4, 0.5) is 31.1 Å². The quantitative estimate of drug-likeness (QED) is 0.452. The highest BCUT2D eigenvalue weighted by Crippen LogP contribution is 2.41. The van der Waals surface area contributed by atoms with Crippen molar-refractivity contribution in [3.8, 4) is 5.75 Å². The molecule has 0 unspecified atom stereocenters. The number of carbonyl (C=O) groups is 2. The molecule has 13 heteroatoms. The Bertz CT molecular complexity index is 1020. The third-order valence-electron chi connectivity index (χ3n) is 7.81. The molecule has 3 saturated heterocycles. The van der Waals surface area contributed by atoms with Crippen LogP contribution in [0.2, 0.25) is 0 Å². The van der Waals surface area contributed by atoms with E-state index in [2.05, 4.69) is 9.64 Å². The summed E-state index contributed by atoms with van der Waals surface area (Å²) in [7, 11) is 0. The molecule has 3 aliphatic heterocycles. The van der Waals surface area contributed by atoms with Gasteiger partial charge in [-0.05, 0) is 75.3 Å². The maximum atomic E-state index is 12.8. The number of carbonyl (C=O) groups excluding carboxylic acids is 2. The Balaban J connectivity index is 1.35. The van der Waals surface area contributed by atoms with Gasteiger partial charge in [-0.2, -0.15) is 26.3 Å². The first-order chi connectivity index (χ1) is 18.3. The first-order valence-electron chi connectivity index (χ1n) is 13.1. The Morgan fingerprint density at radius 3 is 2.13 bits per heavy atom. The van der Waals surface area contributed by atoms with Gasteiger partial charge in [0.2, 0.25) is 0 Å². The molecule has 218 valence electrons. The highest BCUT2D eigenvalue weighted by Gasteiger charge is 2.60. The van der Waals surface area contributed by atoms with Gasteiger partial charge in [0.1, 0.15) is 5.75 Å². The zero-order valence-corrected chi connectivity index (χ0v) is 21.7. The molecule has 0 atom stereocenters. The molecular weight excluding hydrogens is 532 g/mol. The number of nitrogens with zero attached hydrogens (tertiary/aromatic N) is 3. The average molecular weight is 566 g/mol. The number of alkyl halides is 6. The van der Waals surface area contributed by atoms with Gasteiger partial charge in [0.15, 0.2) is 6.61 Å². The minimum atomic E-state index is -5.75. The minimum absolute atomic E-state index is 0.00143. The molecule has 0 saturated carbocycles. The van der Waals surface area contributed by atoms with E-state index in [1.807, 2.05) is 25.1 Å². The molecule has 7 nitrogen and oxygen atoms in total. The molecule has 1 aromatic carbocycles. The molecule has 0 aromatic heterocycles. The van der Waals surface area contributed by atoms with Crippen LogP contribution >= 0.6 is 0 Å². The topological polar surface area (TPSA) is 62.3 Å². The van der Waals surface area contributed by atoms with Crippen molar-refractivity contribution < 1.29 is 45.4 Å². The van der Waals surface area contributed by atoms with Gasteiger partial charge >= 0.3 is 18.4 Å². The van der Waals surface area contributed by atoms with E-state index in [-0.39, 0.29) is 31.1 Å². The van der Waals surface area contributed by atoms with E-state index in [0.717, 1.165) is 61.3 Å². The van der Waals surface area contributed by atoms with Gasteiger partial charge in [0.05, 0.1) is 0 Å². The molecule has 3 fully saturated rings. The van der Waals surface area contributed by atoms with Crippen molar-refractivity contribution in [1.29, 1.82) is 0 Å². The van der Waals surface area contributed by atoms with Crippen molar-refractivity contribution in [3.63, 3.8) is 0 Å². The van der Waals surface area contributed by atoms with E-state index in [9.17, 15) is 35.9 Å². The summed E-state index contributed by atoms with van der Waals surface area (Å²) in [4.78, 5) is 29.5. The molecule has 2 amide bonds. The largest absolute Gasteiger partial charge is 0.484 e. The first-order valence-corrected chi connectivity index (χ1v) is 13.1. The molecular formula is C26H33F6N3O4. The fraction of sp³-hybridized carbons (Fsp3) is 0.692. The second kappa shape index (κ2) is 11.4. The third kappa shape index (κ3) is 7.09. The summed E-state index contributed by atoms with van der Waals surface area (Å²) >= 11 is 0. The lowest BCUT2D eigenvalue weighted by atomic mass is 9.85. The summed E-state index contributed by atoms with van der Waals surface area (Å²) in [5.41, 5.74) is 1.62. The lowest BCUT2D eigenvalue weighted by molar-refractivity contribution is -0.308. The molecule has 0 bridgehead atoms. The van der Waals surface area contributed by atoms with E-state index in [4.69, 9.17) is 4.74 Å². The van der Waals surface area contributed by atoms with Crippen LogP contribution in [0.5, 0.6) is 5.75 Å². The predicted octanol–water partition coefficient (Wildman–Crippen LogP) is 5.06. The van der Waals surface area contributed by atoms with Gasteiger partial charge in [-0.15, -0.1) is 0 Å². The van der Waals surface area contributed by atoms with E-state index in [1.54, 1.807) is 4.90 Å². The number of amides is 2. The number of hydrogen-bond donors (Lipinski definition) is 0. The van der Waals surface area contributed by atoms with Crippen molar-refractivity contribution >= 4 is 12.0 Å². The normalized spacial score (nSPS) is 20.2. The van der Waals surface area contributed by atoms with Gasteiger partial charge in [0.25, 0.3) is 12.0 Å². The van der Waals surface area contributed by atoms with Crippen molar-refractivity contribution in [2.75, 3.05) is 39.3 Å². The Labute approximate surface area is 223 Å². The number of hydrogen-bond acceptors (Lipinski definition) is 5. The standard InChI is InChI=1S/C26H33F6N3O4/c1-18-13-19(15-20(14-18)38-17-21(36)33-8-2-3-9-33)16-35-10-4-5-24(35)6-11-34(12-7-24)23(37)39-22(25(27,28)29)26(30,31)32/h13-15,22H,2-12,16-17H2,1H3. The molecule has 39 heavy (non-hydrogen) atoms. The summed E-state index contributed by atoms with van der Waals surface area (Å²) in [5.74, 6) is 0.545. The first kappa shape index (κ1) is 29.3. The fourth-order valence-corrected chi connectivity index (χ4v) is 5.83. The second-order valence-electron chi connectivity index (χ2n) is 10.6. The van der Waals surface area contributed by atoms with E-state index >= 15 is 0 Å². The summed E-state index contributed by atoms with van der Waals surface area (Å²) < 4.78 is 86.5. The van der Waals surface area contributed by atoms with Crippen molar-refractivity contribution in [1.82, 2.24) is 14.7 Å². The van der Waals surface area contributed by atoms with Crippen molar-refractivity contribution in [2.24, 2.45) is 0 Å². The minimum Gasteiger partial charge on any atom is -0.484 e. The fourth-order valence-electron chi connectivity index (χ4n) is 5.83. The number of rotatable bonds is 6. The summed E-state index contributed by atoms with van der Waals surface area (Å²) in [5, 5.41) is 0. The lowest BCUT2D eigenvalue weighted by Crippen LogP contribution is -2.54. The predicted molar refractivity (Wildman–Crippen MR) is 128 cm³/mol. The van der Waals surface area contributed by atoms with Gasteiger partial charge in [-0.25, -0.2) is 4.79 Å². The van der Waals surface area contributed by atoms with Crippen LogP contribution in [0.25, 0.3) is 0 Å². The molecule has 0 N–H and O–H groups in total. The molecule has 1 spiro atoms. The Morgan fingerprint density at radius 2 is 1.51 bits per heavy atom. The van der Waals surface area contributed by atoms with Crippen LogP contribution in [-0.4, -0.2) is 90.0 Å². The van der Waals surface area contributed by atoms with Crippen LogP contribution in [0.1, 0.15) is 49.7 Å². The number of piperidine rings is 1. The lowest BCUT2D eigenvalue weighted by Gasteiger charge is -2.45.